The molecule has 0 bridgehead atoms. The lowest BCUT2D eigenvalue weighted by molar-refractivity contribution is 0.0206. The van der Waals surface area contributed by atoms with E-state index in [0.29, 0.717) is 12.0 Å². The van der Waals surface area contributed by atoms with Crippen molar-refractivity contribution in [2.45, 2.75) is 57.7 Å². The summed E-state index contributed by atoms with van der Waals surface area (Å²) in [6, 6.07) is 6.30. The fourth-order valence-corrected chi connectivity index (χ4v) is 3.06. The van der Waals surface area contributed by atoms with Crippen molar-refractivity contribution < 1.29 is 9.47 Å². The van der Waals surface area contributed by atoms with Crippen LogP contribution in [0.1, 0.15) is 51.0 Å². The second kappa shape index (κ2) is 6.76. The zero-order valence-corrected chi connectivity index (χ0v) is 13.6. The lowest BCUT2D eigenvalue weighted by Gasteiger charge is -2.29. The highest BCUT2D eigenvalue weighted by Crippen LogP contribution is 2.32. The molecule has 106 valence electrons. The van der Waals surface area contributed by atoms with E-state index < -0.39 is 0 Å². The molecule has 1 aliphatic carbocycles. The van der Waals surface area contributed by atoms with Crippen LogP contribution >= 0.6 is 15.9 Å². The van der Waals surface area contributed by atoms with Crippen LogP contribution in [0.15, 0.2) is 22.7 Å². The van der Waals surface area contributed by atoms with Crippen LogP contribution in [0.5, 0.6) is 5.75 Å². The third-order valence-electron chi connectivity index (χ3n) is 3.80. The molecule has 2 unspecified atom stereocenters. The van der Waals surface area contributed by atoms with Crippen LogP contribution in [-0.4, -0.2) is 19.3 Å². The molecule has 0 heterocycles. The molecule has 0 aromatic heterocycles. The van der Waals surface area contributed by atoms with Gasteiger partial charge < -0.3 is 9.47 Å². The van der Waals surface area contributed by atoms with Gasteiger partial charge in [-0.3, -0.25) is 0 Å². The van der Waals surface area contributed by atoms with E-state index in [2.05, 4.69) is 48.0 Å². The fraction of sp³-hybridized carbons (Fsp3) is 0.625. The SMILES string of the molecule is COC1CCCC(Oc2ccc(Br)cc2C(C)C)C1. The largest absolute Gasteiger partial charge is 0.490 e. The monoisotopic (exact) mass is 326 g/mol. The maximum atomic E-state index is 6.23. The van der Waals surface area contributed by atoms with Gasteiger partial charge in [0.2, 0.25) is 0 Å². The summed E-state index contributed by atoms with van der Waals surface area (Å²) in [5.41, 5.74) is 1.27. The number of methoxy groups -OCH3 is 1. The highest BCUT2D eigenvalue weighted by atomic mass is 79.9. The van der Waals surface area contributed by atoms with Crippen LogP contribution in [-0.2, 0) is 4.74 Å². The molecule has 0 aliphatic heterocycles. The van der Waals surface area contributed by atoms with Gasteiger partial charge in [-0.15, -0.1) is 0 Å². The van der Waals surface area contributed by atoms with Gasteiger partial charge in [-0.25, -0.2) is 0 Å². The minimum Gasteiger partial charge on any atom is -0.490 e. The van der Waals surface area contributed by atoms with Gasteiger partial charge in [0.25, 0.3) is 0 Å². The Labute approximate surface area is 124 Å². The smallest absolute Gasteiger partial charge is 0.123 e. The van der Waals surface area contributed by atoms with E-state index >= 15 is 0 Å². The van der Waals surface area contributed by atoms with Crippen molar-refractivity contribution in [1.29, 1.82) is 0 Å². The lowest BCUT2D eigenvalue weighted by atomic mass is 9.94. The maximum Gasteiger partial charge on any atom is 0.123 e. The summed E-state index contributed by atoms with van der Waals surface area (Å²) in [6.45, 7) is 4.40. The van der Waals surface area contributed by atoms with E-state index in [1.807, 2.05) is 0 Å². The van der Waals surface area contributed by atoms with Crippen LogP contribution in [0.25, 0.3) is 0 Å². The predicted octanol–water partition coefficient (Wildman–Crippen LogP) is 4.91. The van der Waals surface area contributed by atoms with E-state index in [1.54, 1.807) is 7.11 Å². The number of hydrogen-bond acceptors (Lipinski definition) is 2. The lowest BCUT2D eigenvalue weighted by Crippen LogP contribution is -2.29. The number of benzene rings is 1. The van der Waals surface area contributed by atoms with Crippen molar-refractivity contribution in [2.24, 2.45) is 0 Å². The van der Waals surface area contributed by atoms with Crippen molar-refractivity contribution in [2.75, 3.05) is 7.11 Å². The van der Waals surface area contributed by atoms with E-state index in [4.69, 9.17) is 9.47 Å². The summed E-state index contributed by atoms with van der Waals surface area (Å²) >= 11 is 3.54. The van der Waals surface area contributed by atoms with Crippen LogP contribution < -0.4 is 4.74 Å². The van der Waals surface area contributed by atoms with Crippen molar-refractivity contribution in [1.82, 2.24) is 0 Å². The number of ether oxygens (including phenoxy) is 2. The maximum absolute atomic E-state index is 6.23. The molecule has 0 radical (unpaired) electrons. The molecule has 3 heteroatoms. The molecule has 1 saturated carbocycles. The van der Waals surface area contributed by atoms with Gasteiger partial charge in [-0.05, 0) is 48.9 Å². The molecule has 0 N–H and O–H groups in total. The molecule has 2 atom stereocenters. The molecule has 1 aliphatic rings. The molecule has 0 spiro atoms. The molecular weight excluding hydrogens is 304 g/mol. The Morgan fingerprint density at radius 2 is 1.95 bits per heavy atom. The third kappa shape index (κ3) is 3.96. The second-order valence-corrected chi connectivity index (χ2v) is 6.52. The molecule has 1 aromatic rings. The van der Waals surface area contributed by atoms with Gasteiger partial charge in [0, 0.05) is 18.0 Å². The Hall–Kier alpha value is -0.540. The minimum atomic E-state index is 0.289. The molecular formula is C16H23BrO2. The van der Waals surface area contributed by atoms with Crippen molar-refractivity contribution in [3.8, 4) is 5.75 Å². The Morgan fingerprint density at radius 1 is 1.21 bits per heavy atom. The molecule has 1 aromatic carbocycles. The number of rotatable bonds is 4. The summed E-state index contributed by atoms with van der Waals surface area (Å²) in [7, 11) is 1.80. The molecule has 19 heavy (non-hydrogen) atoms. The van der Waals surface area contributed by atoms with Crippen LogP contribution in [0.4, 0.5) is 0 Å². The van der Waals surface area contributed by atoms with Gasteiger partial charge in [0.15, 0.2) is 0 Å². The highest BCUT2D eigenvalue weighted by molar-refractivity contribution is 9.10. The summed E-state index contributed by atoms with van der Waals surface area (Å²) < 4.78 is 12.8. The first-order valence-electron chi connectivity index (χ1n) is 7.09. The quantitative estimate of drug-likeness (QED) is 0.782. The minimum absolute atomic E-state index is 0.289. The zero-order valence-electron chi connectivity index (χ0n) is 12.0. The first-order valence-corrected chi connectivity index (χ1v) is 7.88. The van der Waals surface area contributed by atoms with Gasteiger partial charge in [0.05, 0.1) is 6.10 Å². The Balaban J connectivity index is 2.10. The Kier molecular flexibility index (Phi) is 5.28. The molecule has 0 amide bonds. The van der Waals surface area contributed by atoms with Crippen LogP contribution in [0, 0.1) is 0 Å². The first kappa shape index (κ1) is 14.9. The van der Waals surface area contributed by atoms with E-state index in [-0.39, 0.29) is 6.10 Å². The van der Waals surface area contributed by atoms with Crippen molar-refractivity contribution >= 4 is 15.9 Å². The second-order valence-electron chi connectivity index (χ2n) is 5.60. The molecule has 1 fully saturated rings. The summed E-state index contributed by atoms with van der Waals surface area (Å²) in [6.07, 6.45) is 5.14. The van der Waals surface area contributed by atoms with Gasteiger partial charge in [-0.1, -0.05) is 29.8 Å². The average Bonchev–Trinajstić information content (AvgIpc) is 2.41. The number of hydrogen-bond donors (Lipinski definition) is 0. The fourth-order valence-electron chi connectivity index (χ4n) is 2.68. The van der Waals surface area contributed by atoms with Gasteiger partial charge in [0.1, 0.15) is 11.9 Å². The zero-order chi connectivity index (χ0) is 13.8. The van der Waals surface area contributed by atoms with E-state index in [0.717, 1.165) is 29.5 Å². The van der Waals surface area contributed by atoms with Crippen LogP contribution in [0.3, 0.4) is 0 Å². The van der Waals surface area contributed by atoms with E-state index in [9.17, 15) is 0 Å². The topological polar surface area (TPSA) is 18.5 Å². The Morgan fingerprint density at radius 3 is 2.63 bits per heavy atom. The molecule has 2 nitrogen and oxygen atoms in total. The Bertz CT molecular complexity index is 417. The summed E-state index contributed by atoms with van der Waals surface area (Å²) in [4.78, 5) is 0. The standard InChI is InChI=1S/C16H23BrO2/c1-11(2)15-9-12(17)7-8-16(15)19-14-6-4-5-13(10-14)18-3/h7-9,11,13-14H,4-6,10H2,1-3H3. The molecule has 2 rings (SSSR count). The van der Waals surface area contributed by atoms with Crippen LogP contribution in [0.2, 0.25) is 0 Å². The normalized spacial score (nSPS) is 23.6. The molecule has 0 saturated heterocycles. The van der Waals surface area contributed by atoms with Crippen molar-refractivity contribution in [3.05, 3.63) is 28.2 Å². The van der Waals surface area contributed by atoms with Gasteiger partial charge >= 0.3 is 0 Å². The average molecular weight is 327 g/mol. The van der Waals surface area contributed by atoms with Crippen molar-refractivity contribution in [3.63, 3.8) is 0 Å². The third-order valence-corrected chi connectivity index (χ3v) is 4.29. The predicted molar refractivity (Wildman–Crippen MR) is 81.9 cm³/mol. The number of halogens is 1. The summed E-state index contributed by atoms with van der Waals surface area (Å²) in [5.74, 6) is 1.49. The highest BCUT2D eigenvalue weighted by Gasteiger charge is 2.24. The first-order chi connectivity index (χ1) is 9.10. The summed E-state index contributed by atoms with van der Waals surface area (Å²) in [5, 5.41) is 0. The van der Waals surface area contributed by atoms with E-state index in [1.165, 1.54) is 12.0 Å². The van der Waals surface area contributed by atoms with Gasteiger partial charge in [-0.2, -0.15) is 0 Å².